The zero-order valence-corrected chi connectivity index (χ0v) is 17.7. The number of nitrogens with zero attached hydrogens (tertiary/aromatic N) is 2. The molecule has 1 amide bonds. The van der Waals surface area contributed by atoms with E-state index < -0.39 is 12.8 Å². The maximum Gasteiger partial charge on any atom is 0.422 e. The Hall–Kier alpha value is -2.82. The molecule has 164 valence electrons. The van der Waals surface area contributed by atoms with Crippen LogP contribution < -0.4 is 20.7 Å². The van der Waals surface area contributed by atoms with Crippen molar-refractivity contribution in [2.75, 3.05) is 26.7 Å². The van der Waals surface area contributed by atoms with E-state index in [1.165, 1.54) is 11.3 Å². The van der Waals surface area contributed by atoms with Crippen molar-refractivity contribution in [3.8, 4) is 5.75 Å². The van der Waals surface area contributed by atoms with Gasteiger partial charge in [-0.05, 0) is 25.5 Å². The predicted octanol–water partition coefficient (Wildman–Crippen LogP) is 2.80. The van der Waals surface area contributed by atoms with Gasteiger partial charge in [0.25, 0.3) is 5.91 Å². The predicted molar refractivity (Wildman–Crippen MR) is 110 cm³/mol. The van der Waals surface area contributed by atoms with Crippen LogP contribution in [0.4, 0.5) is 13.2 Å². The molecule has 0 saturated heterocycles. The number of halogens is 3. The molecule has 0 radical (unpaired) electrons. The molecule has 30 heavy (non-hydrogen) atoms. The average molecular weight is 443 g/mol. The standard InChI is InChI=1S/C19H24F3N5O2S/c1-12-4-5-14(15(8-12)29-10-19(20,21)22)9-26-18(23-3)25-7-6-24-17(28)16-13(2)27-11-30-16/h4-5,8,11H,6-7,9-10H2,1-3H3,(H,24,28)(H2,23,25,26). The number of aromatic nitrogens is 1. The summed E-state index contributed by atoms with van der Waals surface area (Å²) >= 11 is 1.28. The third kappa shape index (κ3) is 7.54. The molecule has 0 aliphatic carbocycles. The summed E-state index contributed by atoms with van der Waals surface area (Å²) in [6.45, 7) is 3.19. The molecule has 1 heterocycles. The number of hydrogen-bond donors (Lipinski definition) is 3. The van der Waals surface area contributed by atoms with Crippen LogP contribution in [0.1, 0.15) is 26.5 Å². The Balaban J connectivity index is 1.82. The lowest BCUT2D eigenvalue weighted by atomic mass is 10.1. The molecule has 7 nitrogen and oxygen atoms in total. The second-order valence-corrected chi connectivity index (χ2v) is 7.25. The molecule has 0 aliphatic rings. The molecule has 1 aromatic heterocycles. The van der Waals surface area contributed by atoms with E-state index in [0.29, 0.717) is 35.2 Å². The normalized spacial score (nSPS) is 11.9. The summed E-state index contributed by atoms with van der Waals surface area (Å²) in [5, 5.41) is 8.84. The van der Waals surface area contributed by atoms with Gasteiger partial charge in [0, 0.05) is 32.2 Å². The number of carbonyl (C=O) groups excluding carboxylic acids is 1. The number of ether oxygens (including phenoxy) is 1. The summed E-state index contributed by atoms with van der Waals surface area (Å²) in [5.74, 6) is 0.425. The molecular formula is C19H24F3N5O2S. The molecule has 0 unspecified atom stereocenters. The lowest BCUT2D eigenvalue weighted by molar-refractivity contribution is -0.153. The highest BCUT2D eigenvalue weighted by molar-refractivity contribution is 7.11. The first kappa shape index (κ1) is 23.5. The van der Waals surface area contributed by atoms with Gasteiger partial charge in [-0.25, -0.2) is 4.98 Å². The number of hydrogen-bond acceptors (Lipinski definition) is 5. The van der Waals surface area contributed by atoms with Crippen molar-refractivity contribution in [3.05, 3.63) is 45.4 Å². The smallest absolute Gasteiger partial charge is 0.422 e. The SMILES string of the molecule is CN=C(NCCNC(=O)c1scnc1C)NCc1ccc(C)cc1OCC(F)(F)F. The lowest BCUT2D eigenvalue weighted by Gasteiger charge is -2.16. The maximum absolute atomic E-state index is 12.5. The van der Waals surface area contributed by atoms with Crippen molar-refractivity contribution in [2.24, 2.45) is 4.99 Å². The number of aryl methyl sites for hydroxylation is 2. The van der Waals surface area contributed by atoms with E-state index in [1.54, 1.807) is 44.6 Å². The fraction of sp³-hybridized carbons (Fsp3) is 0.421. The van der Waals surface area contributed by atoms with Crippen LogP contribution in [-0.2, 0) is 6.54 Å². The Morgan fingerprint density at radius 1 is 1.20 bits per heavy atom. The molecule has 0 saturated carbocycles. The highest BCUT2D eigenvalue weighted by Gasteiger charge is 2.28. The van der Waals surface area contributed by atoms with Crippen molar-refractivity contribution >= 4 is 23.2 Å². The molecule has 0 aliphatic heterocycles. The molecule has 0 spiro atoms. The first-order valence-corrected chi connectivity index (χ1v) is 9.99. The number of amides is 1. The number of guanidine groups is 1. The Morgan fingerprint density at radius 3 is 2.57 bits per heavy atom. The van der Waals surface area contributed by atoms with Crippen LogP contribution in [0.5, 0.6) is 5.75 Å². The number of aliphatic imine (C=N–C) groups is 1. The largest absolute Gasteiger partial charge is 0.484 e. The summed E-state index contributed by atoms with van der Waals surface area (Å²) in [4.78, 5) is 20.7. The second-order valence-electron chi connectivity index (χ2n) is 6.39. The van der Waals surface area contributed by atoms with Gasteiger partial charge in [0.1, 0.15) is 10.6 Å². The number of carbonyl (C=O) groups is 1. The van der Waals surface area contributed by atoms with Crippen molar-refractivity contribution < 1.29 is 22.7 Å². The molecule has 3 N–H and O–H groups in total. The van der Waals surface area contributed by atoms with Gasteiger partial charge in [-0.15, -0.1) is 11.3 Å². The van der Waals surface area contributed by atoms with E-state index in [0.717, 1.165) is 5.56 Å². The number of rotatable bonds is 8. The van der Waals surface area contributed by atoms with E-state index in [9.17, 15) is 18.0 Å². The average Bonchev–Trinajstić information content (AvgIpc) is 3.12. The Bertz CT molecular complexity index is 883. The van der Waals surface area contributed by atoms with Crippen molar-refractivity contribution in [3.63, 3.8) is 0 Å². The Kier molecular flexibility index (Phi) is 8.46. The molecule has 1 aromatic carbocycles. The van der Waals surface area contributed by atoms with Crippen LogP contribution in [0.3, 0.4) is 0 Å². The first-order valence-electron chi connectivity index (χ1n) is 9.11. The van der Waals surface area contributed by atoms with Gasteiger partial charge in [-0.2, -0.15) is 13.2 Å². The first-order chi connectivity index (χ1) is 14.2. The minimum atomic E-state index is -4.41. The van der Waals surface area contributed by atoms with Gasteiger partial charge >= 0.3 is 6.18 Å². The second kappa shape index (κ2) is 10.8. The third-order valence-electron chi connectivity index (χ3n) is 3.94. The van der Waals surface area contributed by atoms with Gasteiger partial charge < -0.3 is 20.7 Å². The molecule has 0 fully saturated rings. The van der Waals surface area contributed by atoms with Crippen LogP contribution >= 0.6 is 11.3 Å². The summed E-state index contributed by atoms with van der Waals surface area (Å²) in [6, 6.07) is 5.07. The van der Waals surface area contributed by atoms with E-state index in [-0.39, 0.29) is 18.2 Å². The van der Waals surface area contributed by atoms with Gasteiger partial charge in [0.15, 0.2) is 12.6 Å². The monoisotopic (exact) mass is 443 g/mol. The number of alkyl halides is 3. The van der Waals surface area contributed by atoms with Gasteiger partial charge in [0.05, 0.1) is 11.2 Å². The summed E-state index contributed by atoms with van der Waals surface area (Å²) in [7, 11) is 1.57. The summed E-state index contributed by atoms with van der Waals surface area (Å²) in [6.07, 6.45) is -4.41. The van der Waals surface area contributed by atoms with E-state index in [2.05, 4.69) is 25.9 Å². The van der Waals surface area contributed by atoms with Crippen molar-refractivity contribution in [2.45, 2.75) is 26.6 Å². The molecule has 2 rings (SSSR count). The van der Waals surface area contributed by atoms with Gasteiger partial charge in [-0.1, -0.05) is 12.1 Å². The Morgan fingerprint density at radius 2 is 1.93 bits per heavy atom. The van der Waals surface area contributed by atoms with Crippen molar-refractivity contribution in [1.29, 1.82) is 0 Å². The van der Waals surface area contributed by atoms with Crippen LogP contribution in [0.15, 0.2) is 28.7 Å². The molecular weight excluding hydrogens is 419 g/mol. The van der Waals surface area contributed by atoms with Gasteiger partial charge in [0.2, 0.25) is 0 Å². The number of thiazole rings is 1. The topological polar surface area (TPSA) is 87.6 Å². The fourth-order valence-electron chi connectivity index (χ4n) is 2.46. The van der Waals surface area contributed by atoms with Crippen LogP contribution in [0.2, 0.25) is 0 Å². The summed E-state index contributed by atoms with van der Waals surface area (Å²) in [5.41, 5.74) is 3.67. The minimum Gasteiger partial charge on any atom is -0.484 e. The van der Waals surface area contributed by atoms with E-state index in [1.807, 2.05) is 0 Å². The van der Waals surface area contributed by atoms with Crippen LogP contribution in [-0.4, -0.2) is 49.8 Å². The van der Waals surface area contributed by atoms with Crippen molar-refractivity contribution in [1.82, 2.24) is 20.9 Å². The summed E-state index contributed by atoms with van der Waals surface area (Å²) < 4.78 is 42.4. The van der Waals surface area contributed by atoms with Gasteiger partial charge in [-0.3, -0.25) is 9.79 Å². The maximum atomic E-state index is 12.5. The third-order valence-corrected chi connectivity index (χ3v) is 4.87. The number of benzene rings is 1. The molecule has 2 aromatic rings. The Labute approximate surface area is 176 Å². The highest BCUT2D eigenvalue weighted by Crippen LogP contribution is 2.23. The van der Waals surface area contributed by atoms with Crippen LogP contribution in [0, 0.1) is 13.8 Å². The van der Waals surface area contributed by atoms with E-state index in [4.69, 9.17) is 4.74 Å². The fourth-order valence-corrected chi connectivity index (χ4v) is 3.18. The number of nitrogens with one attached hydrogen (secondary N) is 3. The minimum absolute atomic E-state index is 0.169. The molecule has 0 atom stereocenters. The quantitative estimate of drug-likeness (QED) is 0.332. The zero-order valence-electron chi connectivity index (χ0n) is 16.9. The highest BCUT2D eigenvalue weighted by atomic mass is 32.1. The lowest BCUT2D eigenvalue weighted by Crippen LogP contribution is -2.41. The molecule has 0 bridgehead atoms. The van der Waals surface area contributed by atoms with Crippen LogP contribution in [0.25, 0.3) is 0 Å². The van der Waals surface area contributed by atoms with E-state index >= 15 is 0 Å². The zero-order chi connectivity index (χ0) is 22.1. The molecule has 11 heteroatoms.